The zero-order valence-electron chi connectivity index (χ0n) is 59.2. The topological polar surface area (TPSA) is 267 Å². The second-order valence-corrected chi connectivity index (χ2v) is 30.5. The molecule has 94 heavy (non-hydrogen) atoms. The molecule has 2 bridgehead atoms. The van der Waals surface area contributed by atoms with E-state index in [9.17, 15) is 28.8 Å². The van der Waals surface area contributed by atoms with Crippen LogP contribution in [-0.2, 0) is 109 Å². The Morgan fingerprint density at radius 3 is 1.33 bits per heavy atom. The fourth-order valence-corrected chi connectivity index (χ4v) is 18.3. The van der Waals surface area contributed by atoms with Crippen LogP contribution in [0.5, 0.6) is 0 Å². The van der Waals surface area contributed by atoms with Crippen molar-refractivity contribution in [3.05, 3.63) is 12.2 Å². The van der Waals surface area contributed by atoms with Gasteiger partial charge in [-0.2, -0.15) is 0 Å². The van der Waals surface area contributed by atoms with E-state index in [1.165, 1.54) is 41.5 Å². The van der Waals surface area contributed by atoms with Gasteiger partial charge < -0.3 is 75.8 Å². The number of carbonyl (C=O) groups excluding carboxylic acids is 7. The van der Waals surface area contributed by atoms with Gasteiger partial charge in [0.05, 0.1) is 41.5 Å². The number of fused-ring (bicyclic) bond motifs is 3. The lowest BCUT2D eigenvalue weighted by atomic mass is 9.41. The standard InChI is InChI=1S/C71H110O23/c1-33-28-70-26-22-54-68(19,24-21-25-69(54,20)67(78)93-65-60(41(9)37(5)52(88-65)30-80-46(14)73)91-62-57(84-48(16)75)38(6)34(2)43(11)82-62)55(70)23-27-71(33,32-70)94-66-61(92-63-58(85-49(17)76)39(7)35(3)44(12)83-63)56(42(10)53(89-66)31-81-47(15)74)90-64-59(86-50(18)77)40(8)36(4)51(87-64)29-79-45(13)72/h34-44,51-66H,1,21-32H2,2-20H3/t34-,35-,36+,37+,38+,39+,40+,41+,42-,43?,44?,51?,52?,53?,54?,55+,56-,57?,58?,59?,60?,61?,62+,63+,64+,65+,66+,68-,69-,70-,71?/m1/s1. The van der Waals surface area contributed by atoms with Crippen LogP contribution in [0.15, 0.2) is 12.2 Å². The lowest BCUT2D eigenvalue weighted by Gasteiger charge is -2.64. The van der Waals surface area contributed by atoms with Crippen LogP contribution >= 0.6 is 0 Å². The van der Waals surface area contributed by atoms with E-state index < -0.39 is 145 Å². The minimum absolute atomic E-state index is 0.0407. The zero-order valence-corrected chi connectivity index (χ0v) is 59.2. The van der Waals surface area contributed by atoms with Crippen LogP contribution in [0.1, 0.15) is 189 Å². The highest BCUT2D eigenvalue weighted by molar-refractivity contribution is 5.77. The Morgan fingerprint density at radius 1 is 0.426 bits per heavy atom. The fraction of sp³-hybridized carbons (Fsp3) is 0.873. The van der Waals surface area contributed by atoms with E-state index >= 15 is 4.79 Å². The van der Waals surface area contributed by atoms with Gasteiger partial charge in [0, 0.05) is 65.2 Å². The second-order valence-electron chi connectivity index (χ2n) is 30.5. The Hall–Kier alpha value is -4.33. The van der Waals surface area contributed by atoms with Crippen molar-refractivity contribution in [1.29, 1.82) is 0 Å². The SMILES string of the molecule is C=C1C[C@@]23CCC4[C@](C)(C(=O)O[C@@H]5OC(COC(C)=O)[C@@H](C)[C@H](C)C5O[C@@H]5OC(C)[C@H](C)[C@H](C)C5OC(C)=O)CCC[C@@]4(C)[C@@H]2CCC1(O[C@@H]1OC(COC(C)=O)[C@@H](C)[C@@H](O[C@@H]2OC(COC(C)=O)[C@@H](C)[C@H](C)C2OC(C)=O)C1O[C@@H]1OC(C)[C@H](C)[C@H](C)C1OC(C)=O)C3. The first-order valence-electron chi connectivity index (χ1n) is 34.8. The molecular weight excluding hydrogens is 1220 g/mol. The van der Waals surface area contributed by atoms with Gasteiger partial charge in [-0.1, -0.05) is 82.2 Å². The summed E-state index contributed by atoms with van der Waals surface area (Å²) in [6.07, 6.45) is -8.20. The maximum absolute atomic E-state index is 15.6. The minimum atomic E-state index is -1.28. The molecule has 5 saturated heterocycles. The molecule has 0 aromatic carbocycles. The summed E-state index contributed by atoms with van der Waals surface area (Å²) in [7, 11) is 0. The third-order valence-electron chi connectivity index (χ3n) is 24.7. The van der Waals surface area contributed by atoms with Crippen molar-refractivity contribution >= 4 is 41.8 Å². The number of hydrogen-bond donors (Lipinski definition) is 0. The molecule has 0 radical (unpaired) electrons. The van der Waals surface area contributed by atoms with Gasteiger partial charge in [0.2, 0.25) is 6.29 Å². The first-order chi connectivity index (χ1) is 44.0. The first-order valence-corrected chi connectivity index (χ1v) is 34.8. The highest BCUT2D eigenvalue weighted by Crippen LogP contribution is 2.74. The summed E-state index contributed by atoms with van der Waals surface area (Å²) < 4.78 is 104. The average molecular weight is 1330 g/mol. The minimum Gasteiger partial charge on any atom is -0.463 e. The summed E-state index contributed by atoms with van der Waals surface area (Å²) in [5, 5.41) is 0. The molecule has 9 rings (SSSR count). The predicted octanol–water partition coefficient (Wildman–Crippen LogP) is 9.67. The van der Waals surface area contributed by atoms with Gasteiger partial charge in [0.25, 0.3) is 0 Å². The summed E-state index contributed by atoms with van der Waals surface area (Å²) >= 11 is 0. The van der Waals surface area contributed by atoms with Crippen LogP contribution in [0.4, 0.5) is 0 Å². The highest BCUT2D eigenvalue weighted by Gasteiger charge is 2.70. The lowest BCUT2D eigenvalue weighted by molar-refractivity contribution is -0.388. The Morgan fingerprint density at radius 2 is 0.840 bits per heavy atom. The van der Waals surface area contributed by atoms with E-state index in [-0.39, 0.29) is 102 Å². The van der Waals surface area contributed by atoms with Crippen molar-refractivity contribution in [2.45, 2.75) is 294 Å². The quantitative estimate of drug-likeness (QED) is 0.0504. The van der Waals surface area contributed by atoms with Gasteiger partial charge in [-0.25, -0.2) is 0 Å². The molecule has 31 atom stereocenters. The van der Waals surface area contributed by atoms with Crippen molar-refractivity contribution in [2.24, 2.45) is 81.3 Å². The molecule has 23 nitrogen and oxygen atoms in total. The Balaban J connectivity index is 1.03. The Labute approximate surface area is 555 Å². The predicted molar refractivity (Wildman–Crippen MR) is 335 cm³/mol. The van der Waals surface area contributed by atoms with E-state index in [0.717, 1.165) is 24.8 Å². The summed E-state index contributed by atoms with van der Waals surface area (Å²) in [6, 6.07) is 0. The summed E-state index contributed by atoms with van der Waals surface area (Å²) in [5.74, 6) is -5.61. The number of hydrogen-bond acceptors (Lipinski definition) is 23. The maximum Gasteiger partial charge on any atom is 0.314 e. The molecule has 9 aliphatic rings. The molecule has 1 spiro atoms. The van der Waals surface area contributed by atoms with Crippen LogP contribution in [0.3, 0.4) is 0 Å². The second kappa shape index (κ2) is 29.2. The normalized spacial score (nSPS) is 46.8. The number of carbonyl (C=O) groups is 7. The smallest absolute Gasteiger partial charge is 0.314 e. The monoisotopic (exact) mass is 1330 g/mol. The van der Waals surface area contributed by atoms with Crippen molar-refractivity contribution in [3.8, 4) is 0 Å². The van der Waals surface area contributed by atoms with Crippen molar-refractivity contribution in [3.63, 3.8) is 0 Å². The molecule has 4 aliphatic carbocycles. The average Bonchev–Trinajstić information content (AvgIpc) is 1.43. The molecule has 5 aliphatic heterocycles. The lowest BCUT2D eigenvalue weighted by Crippen LogP contribution is -2.65. The van der Waals surface area contributed by atoms with E-state index in [4.69, 9.17) is 82.4 Å². The summed E-state index contributed by atoms with van der Waals surface area (Å²) in [5.41, 5.74) is -1.73. The van der Waals surface area contributed by atoms with Gasteiger partial charge in [-0.15, -0.1) is 0 Å². The molecule has 23 heteroatoms. The largest absolute Gasteiger partial charge is 0.463 e. The highest BCUT2D eigenvalue weighted by atomic mass is 16.8. The molecule has 0 N–H and O–H groups in total. The van der Waals surface area contributed by atoms with Crippen LogP contribution in [-0.4, -0.2) is 166 Å². The third kappa shape index (κ3) is 14.8. The van der Waals surface area contributed by atoms with Gasteiger partial charge in [-0.3, -0.25) is 33.6 Å². The number of ether oxygens (including phenoxy) is 16. The Kier molecular flexibility index (Phi) is 23.0. The van der Waals surface area contributed by atoms with Gasteiger partial charge in [0.1, 0.15) is 38.1 Å². The maximum atomic E-state index is 15.6. The number of rotatable bonds is 19. The van der Waals surface area contributed by atoms with E-state index in [2.05, 4.69) is 6.92 Å². The van der Waals surface area contributed by atoms with E-state index in [0.29, 0.717) is 38.5 Å². The summed E-state index contributed by atoms with van der Waals surface area (Å²) in [4.78, 5) is 91.2. The third-order valence-corrected chi connectivity index (χ3v) is 24.7. The zero-order chi connectivity index (χ0) is 69.0. The summed E-state index contributed by atoms with van der Waals surface area (Å²) in [6.45, 7) is 38.6. The van der Waals surface area contributed by atoms with Gasteiger partial charge in [0.15, 0.2) is 43.5 Å². The molecule has 0 aromatic heterocycles. The van der Waals surface area contributed by atoms with Crippen molar-refractivity contribution in [1.82, 2.24) is 0 Å². The van der Waals surface area contributed by atoms with Crippen LogP contribution < -0.4 is 0 Å². The number of esters is 7. The molecule has 0 amide bonds. The van der Waals surface area contributed by atoms with Crippen molar-refractivity contribution in [2.75, 3.05) is 19.8 Å². The first kappa shape index (κ1) is 73.9. The van der Waals surface area contributed by atoms with Crippen LogP contribution in [0.25, 0.3) is 0 Å². The molecule has 532 valence electrons. The van der Waals surface area contributed by atoms with Crippen LogP contribution in [0.2, 0.25) is 0 Å². The molecular formula is C71H110O23. The van der Waals surface area contributed by atoms with E-state index in [1.54, 1.807) is 0 Å². The molecule has 12 unspecified atom stereocenters. The van der Waals surface area contributed by atoms with E-state index in [1.807, 2.05) is 83.1 Å². The van der Waals surface area contributed by atoms with Crippen molar-refractivity contribution < 1.29 is 109 Å². The molecule has 9 fully saturated rings. The van der Waals surface area contributed by atoms with Gasteiger partial charge >= 0.3 is 41.8 Å². The van der Waals surface area contributed by atoms with Gasteiger partial charge in [-0.05, 0) is 130 Å². The molecule has 0 aromatic rings. The fourth-order valence-electron chi connectivity index (χ4n) is 18.3. The molecule has 5 heterocycles. The Bertz CT molecular complexity index is 2760. The van der Waals surface area contributed by atoms with Crippen LogP contribution in [0, 0.1) is 81.3 Å². The molecule has 4 saturated carbocycles.